The van der Waals surface area contributed by atoms with E-state index in [4.69, 9.17) is 4.42 Å². The van der Waals surface area contributed by atoms with Crippen LogP contribution in [0.3, 0.4) is 0 Å². The minimum absolute atomic E-state index is 0.00509. The van der Waals surface area contributed by atoms with Crippen molar-refractivity contribution in [3.05, 3.63) is 60.0 Å². The van der Waals surface area contributed by atoms with Crippen LogP contribution in [-0.2, 0) is 10.4 Å². The number of aliphatic hydroxyl groups is 1. The molecule has 0 spiro atoms. The van der Waals surface area contributed by atoms with Gasteiger partial charge in [-0.25, -0.2) is 4.98 Å². The molecule has 1 aliphatic heterocycles. The monoisotopic (exact) mass is 280 g/mol. The highest BCUT2D eigenvalue weighted by Gasteiger charge is 2.53. The Morgan fingerprint density at radius 2 is 1.86 bits per heavy atom. The highest BCUT2D eigenvalue weighted by Crippen LogP contribution is 2.43. The maximum atomic E-state index is 12.5. The van der Waals surface area contributed by atoms with Crippen molar-refractivity contribution in [2.75, 3.05) is 11.9 Å². The fraction of sp³-hybridized carbons (Fsp3) is 0.125. The molecule has 4 rings (SSSR count). The quantitative estimate of drug-likeness (QED) is 0.740. The molecule has 1 atom stereocenters. The minimum atomic E-state index is -1.87. The van der Waals surface area contributed by atoms with Gasteiger partial charge >= 0.3 is 0 Å². The summed E-state index contributed by atoms with van der Waals surface area (Å²) in [5.41, 5.74) is 0.433. The predicted molar refractivity (Wildman–Crippen MR) is 76.9 cm³/mol. The summed E-state index contributed by atoms with van der Waals surface area (Å²) in [7, 11) is 1.63. The first-order chi connectivity index (χ1) is 10.1. The van der Waals surface area contributed by atoms with E-state index in [0.29, 0.717) is 22.4 Å². The summed E-state index contributed by atoms with van der Waals surface area (Å²) < 4.78 is 5.62. The molecule has 0 radical (unpaired) electrons. The van der Waals surface area contributed by atoms with Gasteiger partial charge in [-0.3, -0.25) is 4.79 Å². The molecule has 0 aliphatic carbocycles. The maximum absolute atomic E-state index is 12.5. The van der Waals surface area contributed by atoms with Crippen molar-refractivity contribution in [2.45, 2.75) is 5.60 Å². The third-order valence-electron chi connectivity index (χ3n) is 3.87. The Morgan fingerprint density at radius 3 is 2.67 bits per heavy atom. The second-order valence-corrected chi connectivity index (χ2v) is 5.08. The Balaban J connectivity index is 2.00. The second kappa shape index (κ2) is 3.93. The van der Waals surface area contributed by atoms with E-state index < -0.39 is 11.5 Å². The number of benzene rings is 2. The smallest absolute Gasteiger partial charge is 0.273 e. The number of para-hydroxylation sites is 3. The second-order valence-electron chi connectivity index (χ2n) is 5.08. The van der Waals surface area contributed by atoms with E-state index in [0.717, 1.165) is 0 Å². The van der Waals surface area contributed by atoms with Crippen molar-refractivity contribution in [2.24, 2.45) is 0 Å². The number of likely N-dealkylation sites (N-methyl/N-ethyl adjacent to an activating group) is 1. The third-order valence-corrected chi connectivity index (χ3v) is 3.87. The van der Waals surface area contributed by atoms with Gasteiger partial charge in [0.1, 0.15) is 5.52 Å². The lowest BCUT2D eigenvalue weighted by atomic mass is 9.95. The van der Waals surface area contributed by atoms with Crippen LogP contribution >= 0.6 is 0 Å². The van der Waals surface area contributed by atoms with Crippen LogP contribution < -0.4 is 4.90 Å². The number of rotatable bonds is 1. The van der Waals surface area contributed by atoms with Crippen LogP contribution in [0.4, 0.5) is 5.69 Å². The average molecular weight is 280 g/mol. The van der Waals surface area contributed by atoms with E-state index in [2.05, 4.69) is 4.98 Å². The van der Waals surface area contributed by atoms with Crippen LogP contribution in [0.2, 0.25) is 0 Å². The van der Waals surface area contributed by atoms with Gasteiger partial charge in [0.15, 0.2) is 5.58 Å². The Morgan fingerprint density at radius 1 is 1.14 bits per heavy atom. The molecule has 0 saturated heterocycles. The zero-order chi connectivity index (χ0) is 14.6. The number of anilines is 1. The zero-order valence-corrected chi connectivity index (χ0v) is 11.3. The van der Waals surface area contributed by atoms with E-state index in [1.807, 2.05) is 18.2 Å². The van der Waals surface area contributed by atoms with Gasteiger partial charge in [0.25, 0.3) is 5.91 Å². The number of fused-ring (bicyclic) bond motifs is 2. The summed E-state index contributed by atoms with van der Waals surface area (Å²) in [6, 6.07) is 14.3. The number of amides is 1. The molecule has 0 saturated carbocycles. The largest absolute Gasteiger partial charge is 0.437 e. The van der Waals surface area contributed by atoms with E-state index in [-0.39, 0.29) is 5.89 Å². The first-order valence-corrected chi connectivity index (χ1v) is 6.58. The Kier molecular flexibility index (Phi) is 2.26. The zero-order valence-electron chi connectivity index (χ0n) is 11.3. The molecule has 2 aromatic carbocycles. The summed E-state index contributed by atoms with van der Waals surface area (Å²) in [4.78, 5) is 18.2. The normalized spacial score (nSPS) is 21.0. The molecule has 0 bridgehead atoms. The summed E-state index contributed by atoms with van der Waals surface area (Å²) in [6.45, 7) is 0. The summed E-state index contributed by atoms with van der Waals surface area (Å²) in [6.07, 6.45) is 0. The number of hydrogen-bond acceptors (Lipinski definition) is 4. The maximum Gasteiger partial charge on any atom is 0.273 e. The number of carbonyl (C=O) groups is 1. The molecular formula is C16H12N2O3. The fourth-order valence-electron chi connectivity index (χ4n) is 2.77. The van der Waals surface area contributed by atoms with Gasteiger partial charge in [-0.1, -0.05) is 30.3 Å². The molecule has 0 fully saturated rings. The van der Waals surface area contributed by atoms with Crippen LogP contribution in [-0.4, -0.2) is 23.0 Å². The van der Waals surface area contributed by atoms with Gasteiger partial charge in [0.05, 0.1) is 5.69 Å². The predicted octanol–water partition coefficient (Wildman–Crippen LogP) is 2.04. The summed E-state index contributed by atoms with van der Waals surface area (Å²) >= 11 is 0. The summed E-state index contributed by atoms with van der Waals surface area (Å²) in [5, 5.41) is 11.0. The summed E-state index contributed by atoms with van der Waals surface area (Å²) in [5.74, 6) is -0.458. The molecular weight excluding hydrogens is 268 g/mol. The van der Waals surface area contributed by atoms with E-state index in [9.17, 15) is 9.90 Å². The SMILES string of the molecule is CN1C(=O)[C@@](O)(c2nc3ccccc3o2)c2ccccc21. The Bertz CT molecular complexity index is 838. The molecule has 1 N–H and O–H groups in total. The molecule has 0 unspecified atom stereocenters. The number of nitrogens with zero attached hydrogens (tertiary/aromatic N) is 2. The number of oxazole rings is 1. The fourth-order valence-corrected chi connectivity index (χ4v) is 2.77. The van der Waals surface area contributed by atoms with Gasteiger partial charge in [-0.2, -0.15) is 0 Å². The Labute approximate surface area is 120 Å². The Hall–Kier alpha value is -2.66. The van der Waals surface area contributed by atoms with Crippen molar-refractivity contribution >= 4 is 22.7 Å². The number of hydrogen-bond donors (Lipinski definition) is 1. The lowest BCUT2D eigenvalue weighted by Gasteiger charge is -2.17. The molecule has 5 heteroatoms. The standard InChI is InChI=1S/C16H12N2O3/c1-18-12-8-4-2-6-10(12)16(20,15(18)19)14-17-11-7-3-5-9-13(11)21-14/h2-9,20H,1H3/t16-/m0/s1. The third kappa shape index (κ3) is 1.43. The molecule has 104 valence electrons. The van der Waals surface area contributed by atoms with Gasteiger partial charge in [-0.05, 0) is 18.2 Å². The van der Waals surface area contributed by atoms with Crippen molar-refractivity contribution in [3.63, 3.8) is 0 Å². The lowest BCUT2D eigenvalue weighted by Crippen LogP contribution is -2.39. The number of carbonyl (C=O) groups excluding carboxylic acids is 1. The van der Waals surface area contributed by atoms with E-state index >= 15 is 0 Å². The van der Waals surface area contributed by atoms with E-state index in [1.165, 1.54) is 4.90 Å². The molecule has 1 aromatic heterocycles. The first kappa shape index (κ1) is 12.1. The van der Waals surface area contributed by atoms with Gasteiger partial charge in [0.2, 0.25) is 11.5 Å². The topological polar surface area (TPSA) is 66.6 Å². The van der Waals surface area contributed by atoms with Gasteiger partial charge < -0.3 is 14.4 Å². The average Bonchev–Trinajstić information content (AvgIpc) is 3.04. The molecule has 21 heavy (non-hydrogen) atoms. The van der Waals surface area contributed by atoms with Crippen LogP contribution in [0.15, 0.2) is 52.9 Å². The van der Waals surface area contributed by atoms with Gasteiger partial charge in [-0.15, -0.1) is 0 Å². The molecule has 1 aliphatic rings. The molecule has 3 aromatic rings. The lowest BCUT2D eigenvalue weighted by molar-refractivity contribution is -0.133. The van der Waals surface area contributed by atoms with Crippen LogP contribution in [0.1, 0.15) is 11.5 Å². The van der Waals surface area contributed by atoms with E-state index in [1.54, 1.807) is 37.4 Å². The van der Waals surface area contributed by atoms with Crippen molar-refractivity contribution in [1.82, 2.24) is 4.98 Å². The van der Waals surface area contributed by atoms with Gasteiger partial charge in [0, 0.05) is 12.6 Å². The highest BCUT2D eigenvalue weighted by molar-refractivity contribution is 6.08. The minimum Gasteiger partial charge on any atom is -0.437 e. The highest BCUT2D eigenvalue weighted by atomic mass is 16.4. The van der Waals surface area contributed by atoms with Crippen LogP contribution in [0, 0.1) is 0 Å². The van der Waals surface area contributed by atoms with Crippen LogP contribution in [0.25, 0.3) is 11.1 Å². The number of aromatic nitrogens is 1. The van der Waals surface area contributed by atoms with Crippen molar-refractivity contribution in [3.8, 4) is 0 Å². The van der Waals surface area contributed by atoms with Crippen molar-refractivity contribution in [1.29, 1.82) is 0 Å². The molecule has 1 amide bonds. The first-order valence-electron chi connectivity index (χ1n) is 6.58. The van der Waals surface area contributed by atoms with Crippen molar-refractivity contribution < 1.29 is 14.3 Å². The molecule has 5 nitrogen and oxygen atoms in total. The molecule has 2 heterocycles. The van der Waals surface area contributed by atoms with Crippen LogP contribution in [0.5, 0.6) is 0 Å².